The first-order valence-electron chi connectivity index (χ1n) is 15.7. The summed E-state index contributed by atoms with van der Waals surface area (Å²) in [5.41, 5.74) is 1.12. The van der Waals surface area contributed by atoms with Crippen LogP contribution in [0, 0.1) is 29.1 Å². The first kappa shape index (κ1) is 30.7. The number of ether oxygens (including phenoxy) is 1. The zero-order valence-corrected chi connectivity index (χ0v) is 25.3. The molecule has 2 saturated heterocycles. The number of carbonyl (C=O) groups excluding carboxylic acids is 4. The molecule has 10 heteroatoms. The van der Waals surface area contributed by atoms with Crippen LogP contribution in [-0.2, 0) is 24.0 Å². The molecule has 0 aromatic heterocycles. The normalized spacial score (nSPS) is 28.9. The molecule has 0 radical (unpaired) electrons. The molecule has 2 heterocycles. The van der Waals surface area contributed by atoms with Crippen LogP contribution in [0.5, 0.6) is 5.75 Å². The molecule has 4 aliphatic rings. The number of para-hydroxylation sites is 1. The van der Waals surface area contributed by atoms with Crippen LogP contribution in [0.1, 0.15) is 56.9 Å². The summed E-state index contributed by atoms with van der Waals surface area (Å²) < 4.78 is 5.57. The Morgan fingerprint density at radius 2 is 1.67 bits per heavy atom. The van der Waals surface area contributed by atoms with Gasteiger partial charge in [-0.15, -0.1) is 0 Å². The summed E-state index contributed by atoms with van der Waals surface area (Å²) in [6.07, 6.45) is 4.34. The number of carbonyl (C=O) groups is 5. The molecule has 2 aromatic carbocycles. The smallest absolute Gasteiger partial charge is 0.303 e. The number of aliphatic carboxylic acids is 1. The highest BCUT2D eigenvalue weighted by Crippen LogP contribution is 2.63. The Morgan fingerprint density at radius 1 is 0.933 bits per heavy atom. The van der Waals surface area contributed by atoms with Gasteiger partial charge in [-0.2, -0.15) is 0 Å². The zero-order valence-electron chi connectivity index (χ0n) is 25.3. The highest BCUT2D eigenvalue weighted by molar-refractivity contribution is 6.24. The summed E-state index contributed by atoms with van der Waals surface area (Å²) in [4.78, 5) is 69.6. The Hall–Kier alpha value is -4.31. The van der Waals surface area contributed by atoms with E-state index < -0.39 is 41.0 Å². The monoisotopic (exact) mass is 614 g/mol. The molecule has 6 atom stereocenters. The summed E-state index contributed by atoms with van der Waals surface area (Å²) in [6.45, 7) is 2.12. The Labute approximate surface area is 261 Å². The van der Waals surface area contributed by atoms with Crippen molar-refractivity contribution < 1.29 is 38.9 Å². The van der Waals surface area contributed by atoms with Gasteiger partial charge in [0.15, 0.2) is 0 Å². The Kier molecular flexibility index (Phi) is 8.35. The molecule has 4 amide bonds. The Balaban J connectivity index is 1.36. The number of nitrogens with zero attached hydrogens (tertiary/aromatic N) is 2. The van der Waals surface area contributed by atoms with E-state index in [-0.39, 0.29) is 56.2 Å². The van der Waals surface area contributed by atoms with Gasteiger partial charge in [-0.25, -0.2) is 4.90 Å². The highest BCUT2D eigenvalue weighted by Gasteiger charge is 2.67. The van der Waals surface area contributed by atoms with E-state index in [9.17, 15) is 24.0 Å². The third kappa shape index (κ3) is 5.14. The van der Waals surface area contributed by atoms with E-state index in [1.165, 1.54) is 9.80 Å². The van der Waals surface area contributed by atoms with Crippen LogP contribution >= 0.6 is 0 Å². The number of likely N-dealkylation sites (tertiary alicyclic amines) is 1. The standard InChI is InChI=1S/C35H38N2O8/c1-35-27(32(42)37(34(35)44)22-8-4-2-5-9-22)20-26-24(30(35)21-11-13-23(14-12-21)45-19-18-38)15-16-25-29(26)33(43)36(31(25)41)17-7-3-6-10-28(39)40/h2,4-5,8-9,11-15,25-27,29-30,38H,3,6-7,10,16-20H2,1H3,(H,39,40). The first-order chi connectivity index (χ1) is 21.7. The Morgan fingerprint density at radius 3 is 2.36 bits per heavy atom. The number of aliphatic hydroxyl groups is 1. The van der Waals surface area contributed by atoms with Gasteiger partial charge in [-0.1, -0.05) is 48.4 Å². The van der Waals surface area contributed by atoms with E-state index in [1.54, 1.807) is 36.4 Å². The molecular weight excluding hydrogens is 576 g/mol. The van der Waals surface area contributed by atoms with E-state index in [0.717, 1.165) is 11.1 Å². The number of benzene rings is 2. The molecule has 236 valence electrons. The number of anilines is 1. The predicted molar refractivity (Wildman–Crippen MR) is 163 cm³/mol. The lowest BCUT2D eigenvalue weighted by Crippen LogP contribution is -2.48. The molecule has 2 aliphatic carbocycles. The molecule has 6 unspecified atom stereocenters. The van der Waals surface area contributed by atoms with Gasteiger partial charge in [0.2, 0.25) is 23.6 Å². The van der Waals surface area contributed by atoms with Crippen molar-refractivity contribution in [3.8, 4) is 5.75 Å². The number of imide groups is 2. The van der Waals surface area contributed by atoms with E-state index >= 15 is 0 Å². The van der Waals surface area contributed by atoms with Crippen molar-refractivity contribution in [3.05, 3.63) is 71.8 Å². The largest absolute Gasteiger partial charge is 0.491 e. The Bertz CT molecular complexity index is 1540. The molecule has 0 spiro atoms. The number of rotatable bonds is 11. The third-order valence-electron chi connectivity index (χ3n) is 10.2. The molecule has 2 aromatic rings. The predicted octanol–water partition coefficient (Wildman–Crippen LogP) is 3.93. The van der Waals surface area contributed by atoms with Crippen molar-refractivity contribution in [2.24, 2.45) is 29.1 Å². The molecule has 2 N–H and O–H groups in total. The zero-order chi connectivity index (χ0) is 31.9. The molecule has 6 rings (SSSR count). The van der Waals surface area contributed by atoms with Crippen LogP contribution in [0.4, 0.5) is 5.69 Å². The first-order valence-corrected chi connectivity index (χ1v) is 15.7. The van der Waals surface area contributed by atoms with Crippen molar-refractivity contribution in [3.63, 3.8) is 0 Å². The second-order valence-electron chi connectivity index (χ2n) is 12.7. The van der Waals surface area contributed by atoms with Gasteiger partial charge < -0.3 is 14.9 Å². The lowest BCUT2D eigenvalue weighted by molar-refractivity contribution is -0.141. The minimum absolute atomic E-state index is 0.0470. The van der Waals surface area contributed by atoms with Crippen LogP contribution < -0.4 is 9.64 Å². The number of fused-ring (bicyclic) bond motifs is 4. The van der Waals surface area contributed by atoms with E-state index in [2.05, 4.69) is 0 Å². The fraction of sp³-hybridized carbons (Fsp3) is 0.457. The number of hydrogen-bond donors (Lipinski definition) is 2. The quantitative estimate of drug-likeness (QED) is 0.220. The second kappa shape index (κ2) is 12.2. The summed E-state index contributed by atoms with van der Waals surface area (Å²) in [6, 6.07) is 16.2. The summed E-state index contributed by atoms with van der Waals surface area (Å²) in [5, 5.41) is 18.1. The van der Waals surface area contributed by atoms with Gasteiger partial charge in [0, 0.05) is 18.9 Å². The minimum atomic E-state index is -1.12. The van der Waals surface area contributed by atoms with Gasteiger partial charge in [-0.05, 0) is 68.4 Å². The van der Waals surface area contributed by atoms with E-state index in [0.29, 0.717) is 37.1 Å². The molecule has 2 aliphatic heterocycles. The van der Waals surface area contributed by atoms with Gasteiger partial charge in [-0.3, -0.25) is 28.9 Å². The fourth-order valence-electron chi connectivity index (χ4n) is 8.15. The average Bonchev–Trinajstić information content (AvgIpc) is 3.39. The van der Waals surface area contributed by atoms with Gasteiger partial charge >= 0.3 is 5.97 Å². The van der Waals surface area contributed by atoms with Crippen LogP contribution in [-0.4, -0.2) is 64.5 Å². The van der Waals surface area contributed by atoms with Crippen molar-refractivity contribution in [1.82, 2.24) is 4.90 Å². The number of hydrogen-bond acceptors (Lipinski definition) is 7. The summed E-state index contributed by atoms with van der Waals surface area (Å²) in [7, 11) is 0. The molecule has 10 nitrogen and oxygen atoms in total. The number of amides is 4. The second-order valence-corrected chi connectivity index (χ2v) is 12.7. The summed E-state index contributed by atoms with van der Waals surface area (Å²) in [5.74, 6) is -4.09. The maximum Gasteiger partial charge on any atom is 0.303 e. The van der Waals surface area contributed by atoms with Crippen molar-refractivity contribution in [2.75, 3.05) is 24.7 Å². The van der Waals surface area contributed by atoms with Crippen molar-refractivity contribution in [2.45, 2.75) is 51.4 Å². The SMILES string of the molecule is CC12C(=O)N(c3ccccc3)C(=O)C1CC1C(=CCC3C(=O)N(CCCCCC(=O)O)C(=O)C31)C2c1ccc(OCCO)cc1. The number of unbranched alkanes of at least 4 members (excludes halogenated alkanes) is 2. The lowest BCUT2D eigenvalue weighted by Gasteiger charge is -2.49. The maximum absolute atomic E-state index is 14.4. The molecule has 0 bridgehead atoms. The van der Waals surface area contributed by atoms with Crippen LogP contribution in [0.15, 0.2) is 66.2 Å². The molecule has 1 saturated carbocycles. The maximum atomic E-state index is 14.4. The van der Waals surface area contributed by atoms with Crippen molar-refractivity contribution >= 4 is 35.3 Å². The lowest BCUT2D eigenvalue weighted by atomic mass is 9.51. The van der Waals surface area contributed by atoms with Gasteiger partial charge in [0.25, 0.3) is 0 Å². The molecule has 3 fully saturated rings. The molecule has 45 heavy (non-hydrogen) atoms. The van der Waals surface area contributed by atoms with Gasteiger partial charge in [0.1, 0.15) is 12.4 Å². The number of carboxylic acids is 1. The van der Waals surface area contributed by atoms with Crippen molar-refractivity contribution in [1.29, 1.82) is 0 Å². The third-order valence-corrected chi connectivity index (χ3v) is 10.2. The summed E-state index contributed by atoms with van der Waals surface area (Å²) >= 11 is 0. The number of carboxylic acid groups (broad SMARTS) is 1. The highest BCUT2D eigenvalue weighted by atomic mass is 16.5. The van der Waals surface area contributed by atoms with Crippen LogP contribution in [0.25, 0.3) is 0 Å². The number of allylic oxidation sites excluding steroid dienone is 2. The minimum Gasteiger partial charge on any atom is -0.491 e. The fourth-order valence-corrected chi connectivity index (χ4v) is 8.15. The van der Waals surface area contributed by atoms with Crippen LogP contribution in [0.3, 0.4) is 0 Å². The number of aliphatic hydroxyl groups excluding tert-OH is 1. The van der Waals surface area contributed by atoms with E-state index in [4.69, 9.17) is 14.9 Å². The van der Waals surface area contributed by atoms with Gasteiger partial charge in [0.05, 0.1) is 35.5 Å². The average molecular weight is 615 g/mol. The molecular formula is C35H38N2O8. The van der Waals surface area contributed by atoms with E-state index in [1.807, 2.05) is 31.2 Å². The topological polar surface area (TPSA) is 142 Å². The van der Waals surface area contributed by atoms with Crippen LogP contribution in [0.2, 0.25) is 0 Å².